The largest absolute Gasteiger partial charge is 0.305 e. The molecule has 0 atom stereocenters. The molecular formula is C9H19NO2S2. The van der Waals surface area contributed by atoms with Crippen LogP contribution >= 0.6 is 12.6 Å². The van der Waals surface area contributed by atoms with Gasteiger partial charge >= 0.3 is 0 Å². The first-order valence-corrected chi connectivity index (χ1v) is 7.53. The molecule has 0 aromatic rings. The first-order chi connectivity index (χ1) is 6.37. The maximum atomic E-state index is 10.9. The fourth-order valence-electron chi connectivity index (χ4n) is 1.52. The van der Waals surface area contributed by atoms with Crippen molar-refractivity contribution in [2.45, 2.75) is 12.8 Å². The van der Waals surface area contributed by atoms with Crippen LogP contribution in [0.4, 0.5) is 0 Å². The van der Waals surface area contributed by atoms with Gasteiger partial charge in [0.25, 0.3) is 0 Å². The van der Waals surface area contributed by atoms with Gasteiger partial charge in [0.1, 0.15) is 9.84 Å². The number of sulfone groups is 1. The lowest BCUT2D eigenvalue weighted by molar-refractivity contribution is 0.291. The Morgan fingerprint density at radius 3 is 2.36 bits per heavy atom. The van der Waals surface area contributed by atoms with Gasteiger partial charge in [-0.05, 0) is 31.1 Å². The van der Waals surface area contributed by atoms with Crippen molar-refractivity contribution >= 4 is 22.5 Å². The summed E-state index contributed by atoms with van der Waals surface area (Å²) in [6.45, 7) is 1.61. The molecule has 1 fully saturated rings. The van der Waals surface area contributed by atoms with E-state index in [1.54, 1.807) is 0 Å². The highest BCUT2D eigenvalue weighted by Gasteiger charge is 2.41. The molecule has 14 heavy (non-hydrogen) atoms. The number of nitrogens with zero attached hydrogens (tertiary/aromatic N) is 1. The molecule has 5 heteroatoms. The highest BCUT2D eigenvalue weighted by atomic mass is 32.2. The minimum atomic E-state index is -2.82. The maximum absolute atomic E-state index is 10.9. The van der Waals surface area contributed by atoms with Gasteiger partial charge in [-0.2, -0.15) is 12.6 Å². The van der Waals surface area contributed by atoms with E-state index in [4.69, 9.17) is 0 Å². The van der Waals surface area contributed by atoms with Crippen molar-refractivity contribution in [1.29, 1.82) is 0 Å². The van der Waals surface area contributed by atoms with Crippen molar-refractivity contribution in [1.82, 2.24) is 4.90 Å². The molecule has 0 spiro atoms. The molecule has 0 aliphatic heterocycles. The van der Waals surface area contributed by atoms with Gasteiger partial charge in [0.2, 0.25) is 0 Å². The Hall–Kier alpha value is 0.260. The van der Waals surface area contributed by atoms with Crippen LogP contribution in [-0.4, -0.2) is 51.2 Å². The van der Waals surface area contributed by atoms with Crippen molar-refractivity contribution in [2.24, 2.45) is 5.41 Å². The summed E-state index contributed by atoms with van der Waals surface area (Å²) in [4.78, 5) is 2.10. The first-order valence-electron chi connectivity index (χ1n) is 4.84. The van der Waals surface area contributed by atoms with Crippen LogP contribution in [0.5, 0.6) is 0 Å². The van der Waals surface area contributed by atoms with E-state index in [9.17, 15) is 8.42 Å². The Kier molecular flexibility index (Phi) is 3.88. The summed E-state index contributed by atoms with van der Waals surface area (Å²) in [5, 5.41) is 0. The van der Waals surface area contributed by atoms with Crippen LogP contribution in [0.25, 0.3) is 0 Å². The van der Waals surface area contributed by atoms with E-state index in [0.717, 1.165) is 12.3 Å². The summed E-state index contributed by atoms with van der Waals surface area (Å²) in [5.74, 6) is 1.17. The fraction of sp³-hybridized carbons (Fsp3) is 1.00. The SMILES string of the molecule is CN(CCS(C)(=O)=O)CC1(CS)CC1. The Morgan fingerprint density at radius 1 is 1.43 bits per heavy atom. The van der Waals surface area contributed by atoms with Crippen LogP contribution in [0.3, 0.4) is 0 Å². The molecule has 0 heterocycles. The van der Waals surface area contributed by atoms with Gasteiger partial charge in [-0.25, -0.2) is 8.42 Å². The lowest BCUT2D eigenvalue weighted by Gasteiger charge is -2.21. The summed E-state index contributed by atoms with van der Waals surface area (Å²) in [5.41, 5.74) is 0.384. The summed E-state index contributed by atoms with van der Waals surface area (Å²) >= 11 is 4.32. The molecule has 0 N–H and O–H groups in total. The van der Waals surface area contributed by atoms with Gasteiger partial charge in [0, 0.05) is 19.3 Å². The van der Waals surface area contributed by atoms with Gasteiger partial charge in [-0.3, -0.25) is 0 Å². The first kappa shape index (κ1) is 12.3. The lowest BCUT2D eigenvalue weighted by Crippen LogP contribution is -2.31. The predicted octanol–water partition coefficient (Wildman–Crippen LogP) is 0.673. The number of thiol groups is 1. The molecule has 0 aromatic carbocycles. The second kappa shape index (κ2) is 4.41. The zero-order chi connectivity index (χ0) is 10.8. The molecular weight excluding hydrogens is 218 g/mol. The Morgan fingerprint density at radius 2 is 2.00 bits per heavy atom. The van der Waals surface area contributed by atoms with E-state index in [-0.39, 0.29) is 5.75 Å². The molecule has 0 unspecified atom stereocenters. The Labute approximate surface area is 92.2 Å². The minimum absolute atomic E-state index is 0.256. The third-order valence-corrected chi connectivity index (χ3v) is 4.34. The van der Waals surface area contributed by atoms with Gasteiger partial charge in [0.05, 0.1) is 5.75 Å². The smallest absolute Gasteiger partial charge is 0.148 e. The second-order valence-corrected chi connectivity index (χ2v) is 7.10. The summed E-state index contributed by atoms with van der Waals surface area (Å²) in [6, 6.07) is 0. The number of hydrogen-bond acceptors (Lipinski definition) is 4. The van der Waals surface area contributed by atoms with Gasteiger partial charge in [0.15, 0.2) is 0 Å². The van der Waals surface area contributed by atoms with E-state index in [1.165, 1.54) is 19.1 Å². The third-order valence-electron chi connectivity index (χ3n) is 2.74. The molecule has 1 rings (SSSR count). The molecule has 0 radical (unpaired) electrons. The van der Waals surface area contributed by atoms with Crippen LogP contribution < -0.4 is 0 Å². The zero-order valence-corrected chi connectivity index (χ0v) is 10.6. The molecule has 1 saturated carbocycles. The highest BCUT2D eigenvalue weighted by Crippen LogP contribution is 2.46. The van der Waals surface area contributed by atoms with Crippen LogP contribution in [0.1, 0.15) is 12.8 Å². The molecule has 0 aromatic heterocycles. The van der Waals surface area contributed by atoms with Crippen LogP contribution in [0.2, 0.25) is 0 Å². The van der Waals surface area contributed by atoms with Crippen LogP contribution in [-0.2, 0) is 9.84 Å². The monoisotopic (exact) mass is 237 g/mol. The van der Waals surface area contributed by atoms with Gasteiger partial charge in [-0.1, -0.05) is 0 Å². The van der Waals surface area contributed by atoms with Crippen LogP contribution in [0.15, 0.2) is 0 Å². The lowest BCUT2D eigenvalue weighted by atomic mass is 10.1. The average molecular weight is 237 g/mol. The quantitative estimate of drug-likeness (QED) is 0.690. The maximum Gasteiger partial charge on any atom is 0.148 e. The number of hydrogen-bond donors (Lipinski definition) is 1. The predicted molar refractivity (Wildman–Crippen MR) is 62.7 cm³/mol. The molecule has 1 aliphatic carbocycles. The van der Waals surface area contributed by atoms with Crippen molar-refractivity contribution in [3.8, 4) is 0 Å². The van der Waals surface area contributed by atoms with Crippen LogP contribution in [0, 0.1) is 5.41 Å². The third kappa shape index (κ3) is 4.19. The van der Waals surface area contributed by atoms with Crippen molar-refractivity contribution in [3.05, 3.63) is 0 Å². The van der Waals surface area contributed by atoms with E-state index in [2.05, 4.69) is 17.5 Å². The molecule has 3 nitrogen and oxygen atoms in total. The number of rotatable bonds is 6. The van der Waals surface area contributed by atoms with E-state index >= 15 is 0 Å². The van der Waals surface area contributed by atoms with Crippen molar-refractivity contribution < 1.29 is 8.42 Å². The second-order valence-electron chi connectivity index (χ2n) is 4.53. The average Bonchev–Trinajstić information content (AvgIpc) is 2.81. The highest BCUT2D eigenvalue weighted by molar-refractivity contribution is 7.90. The standard InChI is InChI=1S/C9H19NO2S2/c1-10(5-6-14(2,11)12)7-9(8-13)3-4-9/h13H,3-8H2,1-2H3. The normalized spacial score (nSPS) is 20.0. The fourth-order valence-corrected chi connectivity index (χ4v) is 2.58. The van der Waals surface area contributed by atoms with E-state index in [0.29, 0.717) is 12.0 Å². The molecule has 1 aliphatic rings. The van der Waals surface area contributed by atoms with E-state index < -0.39 is 9.84 Å². The Balaban J connectivity index is 2.26. The summed E-state index contributed by atoms with van der Waals surface area (Å²) < 4.78 is 21.9. The van der Waals surface area contributed by atoms with Gasteiger partial charge < -0.3 is 4.90 Å². The Bertz CT molecular complexity index is 283. The minimum Gasteiger partial charge on any atom is -0.305 e. The van der Waals surface area contributed by atoms with Gasteiger partial charge in [-0.15, -0.1) is 0 Å². The topological polar surface area (TPSA) is 37.4 Å². The molecule has 0 amide bonds. The van der Waals surface area contributed by atoms with Crippen molar-refractivity contribution in [2.75, 3.05) is 37.9 Å². The molecule has 0 saturated heterocycles. The summed E-state index contributed by atoms with van der Waals surface area (Å²) in [6.07, 6.45) is 3.76. The zero-order valence-electron chi connectivity index (χ0n) is 8.86. The molecule has 0 bridgehead atoms. The van der Waals surface area contributed by atoms with E-state index in [1.807, 2.05) is 7.05 Å². The van der Waals surface area contributed by atoms with Crippen molar-refractivity contribution in [3.63, 3.8) is 0 Å². The molecule has 84 valence electrons. The summed E-state index contributed by atoms with van der Waals surface area (Å²) in [7, 11) is -0.841.